The van der Waals surface area contributed by atoms with Crippen LogP contribution in [0.4, 0.5) is 4.39 Å². The van der Waals surface area contributed by atoms with Crippen LogP contribution in [0.25, 0.3) is 5.69 Å². The molecule has 0 aliphatic rings. The fourth-order valence-electron chi connectivity index (χ4n) is 1.61. The maximum absolute atomic E-state index is 13.6. The number of benzene rings is 1. The number of halogens is 2. The van der Waals surface area contributed by atoms with Crippen molar-refractivity contribution < 1.29 is 19.0 Å². The number of rotatable bonds is 3. The first-order valence-electron chi connectivity index (χ1n) is 4.98. The first-order chi connectivity index (χ1) is 8.52. The maximum atomic E-state index is 13.6. The van der Waals surface area contributed by atoms with Gasteiger partial charge in [0.15, 0.2) is 11.6 Å². The van der Waals surface area contributed by atoms with Crippen molar-refractivity contribution in [3.05, 3.63) is 47.0 Å². The first kappa shape index (κ1) is 12.4. The number of hydrogen-bond acceptors (Lipinski definition) is 2. The third kappa shape index (κ3) is 2.17. The van der Waals surface area contributed by atoms with Gasteiger partial charge in [0.25, 0.3) is 0 Å². The summed E-state index contributed by atoms with van der Waals surface area (Å²) in [6.45, 7) is 0. The zero-order valence-electron chi connectivity index (χ0n) is 9.35. The molecule has 1 N–H and O–H groups in total. The third-order valence-corrected chi connectivity index (χ3v) is 2.63. The summed E-state index contributed by atoms with van der Waals surface area (Å²) in [5.74, 6) is -1.62. The van der Waals surface area contributed by atoms with Gasteiger partial charge in [0.1, 0.15) is 5.69 Å². The molecule has 1 aromatic carbocycles. The minimum Gasteiger partial charge on any atom is -0.494 e. The van der Waals surface area contributed by atoms with E-state index in [2.05, 4.69) is 0 Å². The second-order valence-corrected chi connectivity index (χ2v) is 3.97. The topological polar surface area (TPSA) is 51.5 Å². The van der Waals surface area contributed by atoms with Gasteiger partial charge in [0.05, 0.1) is 12.1 Å². The van der Waals surface area contributed by atoms with Crippen LogP contribution in [0.1, 0.15) is 10.5 Å². The standard InChI is InChI=1S/C12H9ClFNO3/c1-18-11-3-2-8(5-9(11)14)15-6-7(13)4-10(15)12(16)17/h2-6H,1H3,(H,16,17). The Kier molecular flexibility index (Phi) is 3.25. The molecule has 0 aliphatic carbocycles. The molecule has 94 valence electrons. The highest BCUT2D eigenvalue weighted by molar-refractivity contribution is 6.31. The SMILES string of the molecule is COc1ccc(-n2cc(Cl)cc2C(=O)O)cc1F. The van der Waals surface area contributed by atoms with E-state index in [0.29, 0.717) is 5.69 Å². The highest BCUT2D eigenvalue weighted by Gasteiger charge is 2.14. The number of carbonyl (C=O) groups is 1. The molecule has 18 heavy (non-hydrogen) atoms. The lowest BCUT2D eigenvalue weighted by atomic mass is 10.2. The molecule has 4 nitrogen and oxygen atoms in total. The van der Waals surface area contributed by atoms with Crippen LogP contribution in [0.5, 0.6) is 5.75 Å². The average molecular weight is 270 g/mol. The first-order valence-corrected chi connectivity index (χ1v) is 5.36. The van der Waals surface area contributed by atoms with Gasteiger partial charge in [0, 0.05) is 18.0 Å². The summed E-state index contributed by atoms with van der Waals surface area (Å²) >= 11 is 5.76. The molecule has 0 spiro atoms. The number of carboxylic acid groups (broad SMARTS) is 1. The molecule has 0 aliphatic heterocycles. The smallest absolute Gasteiger partial charge is 0.352 e. The quantitative estimate of drug-likeness (QED) is 0.932. The average Bonchev–Trinajstić information content (AvgIpc) is 2.71. The fraction of sp³-hybridized carbons (Fsp3) is 0.0833. The second kappa shape index (κ2) is 4.70. The lowest BCUT2D eigenvalue weighted by molar-refractivity contribution is 0.0688. The summed E-state index contributed by atoms with van der Waals surface area (Å²) in [6.07, 6.45) is 1.41. The Bertz CT molecular complexity index is 609. The predicted octanol–water partition coefficient (Wildman–Crippen LogP) is 2.98. The van der Waals surface area contributed by atoms with Crippen molar-refractivity contribution in [3.8, 4) is 11.4 Å². The van der Waals surface area contributed by atoms with Crippen molar-refractivity contribution in [2.45, 2.75) is 0 Å². The summed E-state index contributed by atoms with van der Waals surface area (Å²) < 4.78 is 19.6. The minimum atomic E-state index is -1.14. The summed E-state index contributed by atoms with van der Waals surface area (Å²) in [6, 6.07) is 5.45. The van der Waals surface area contributed by atoms with Crippen LogP contribution >= 0.6 is 11.6 Å². The number of aromatic carboxylic acids is 1. The molecule has 0 atom stereocenters. The van der Waals surface area contributed by atoms with Crippen LogP contribution in [-0.4, -0.2) is 22.8 Å². The summed E-state index contributed by atoms with van der Waals surface area (Å²) in [5.41, 5.74) is 0.321. The van der Waals surface area contributed by atoms with Crippen LogP contribution in [0.15, 0.2) is 30.5 Å². The largest absolute Gasteiger partial charge is 0.494 e. The maximum Gasteiger partial charge on any atom is 0.352 e. The summed E-state index contributed by atoms with van der Waals surface area (Å²) in [4.78, 5) is 11.0. The molecular weight excluding hydrogens is 261 g/mol. The number of carboxylic acids is 1. The van der Waals surface area contributed by atoms with Crippen molar-refractivity contribution in [1.82, 2.24) is 4.57 Å². The van der Waals surface area contributed by atoms with Crippen molar-refractivity contribution in [2.24, 2.45) is 0 Å². The predicted molar refractivity (Wildman–Crippen MR) is 64.2 cm³/mol. The zero-order valence-corrected chi connectivity index (χ0v) is 10.1. The number of ether oxygens (including phenoxy) is 1. The Morgan fingerprint density at radius 3 is 2.72 bits per heavy atom. The van der Waals surface area contributed by atoms with E-state index >= 15 is 0 Å². The molecule has 0 amide bonds. The molecule has 6 heteroatoms. The Morgan fingerprint density at radius 2 is 2.17 bits per heavy atom. The van der Waals surface area contributed by atoms with Crippen molar-refractivity contribution in [3.63, 3.8) is 0 Å². The van der Waals surface area contributed by atoms with E-state index in [1.165, 1.54) is 36.1 Å². The molecular formula is C12H9ClFNO3. The minimum absolute atomic E-state index is 0.0374. The normalized spacial score (nSPS) is 10.4. The summed E-state index contributed by atoms with van der Waals surface area (Å²) in [7, 11) is 1.35. The monoisotopic (exact) mass is 269 g/mol. The Morgan fingerprint density at radius 1 is 1.44 bits per heavy atom. The van der Waals surface area contributed by atoms with E-state index in [1.54, 1.807) is 6.07 Å². The van der Waals surface area contributed by atoms with Gasteiger partial charge in [-0.05, 0) is 18.2 Å². The molecule has 2 aromatic rings. The molecule has 0 unspecified atom stereocenters. The number of hydrogen-bond donors (Lipinski definition) is 1. The van der Waals surface area contributed by atoms with E-state index in [0.717, 1.165) is 0 Å². The van der Waals surface area contributed by atoms with Crippen LogP contribution in [0.2, 0.25) is 5.02 Å². The van der Waals surface area contributed by atoms with Gasteiger partial charge >= 0.3 is 5.97 Å². The molecule has 0 bridgehead atoms. The van der Waals surface area contributed by atoms with Crippen molar-refractivity contribution >= 4 is 17.6 Å². The van der Waals surface area contributed by atoms with E-state index in [-0.39, 0.29) is 16.5 Å². The molecule has 1 heterocycles. The van der Waals surface area contributed by atoms with Gasteiger partial charge in [-0.2, -0.15) is 0 Å². The van der Waals surface area contributed by atoms with Crippen LogP contribution in [-0.2, 0) is 0 Å². The molecule has 0 radical (unpaired) electrons. The highest BCUT2D eigenvalue weighted by Crippen LogP contribution is 2.24. The van der Waals surface area contributed by atoms with Gasteiger partial charge in [0.2, 0.25) is 0 Å². The molecule has 2 rings (SSSR count). The third-order valence-electron chi connectivity index (χ3n) is 2.42. The van der Waals surface area contributed by atoms with Crippen LogP contribution in [0, 0.1) is 5.82 Å². The lowest BCUT2D eigenvalue weighted by Crippen LogP contribution is -2.06. The van der Waals surface area contributed by atoms with E-state index < -0.39 is 11.8 Å². The van der Waals surface area contributed by atoms with Gasteiger partial charge in [-0.1, -0.05) is 11.6 Å². The zero-order chi connectivity index (χ0) is 13.3. The number of nitrogens with zero attached hydrogens (tertiary/aromatic N) is 1. The van der Waals surface area contributed by atoms with Crippen LogP contribution < -0.4 is 4.74 Å². The number of aromatic nitrogens is 1. The lowest BCUT2D eigenvalue weighted by Gasteiger charge is -2.08. The Balaban J connectivity index is 2.55. The fourth-order valence-corrected chi connectivity index (χ4v) is 1.81. The second-order valence-electron chi connectivity index (χ2n) is 3.54. The molecule has 0 fully saturated rings. The van der Waals surface area contributed by atoms with Gasteiger partial charge < -0.3 is 14.4 Å². The van der Waals surface area contributed by atoms with E-state index in [1.807, 2.05) is 0 Å². The van der Waals surface area contributed by atoms with Gasteiger partial charge in [-0.25, -0.2) is 9.18 Å². The van der Waals surface area contributed by atoms with E-state index in [9.17, 15) is 9.18 Å². The van der Waals surface area contributed by atoms with Crippen LogP contribution in [0.3, 0.4) is 0 Å². The van der Waals surface area contributed by atoms with Crippen molar-refractivity contribution in [2.75, 3.05) is 7.11 Å². The highest BCUT2D eigenvalue weighted by atomic mass is 35.5. The molecule has 0 saturated heterocycles. The summed E-state index contributed by atoms with van der Waals surface area (Å²) in [5, 5.41) is 9.28. The number of methoxy groups -OCH3 is 1. The van der Waals surface area contributed by atoms with Gasteiger partial charge in [-0.15, -0.1) is 0 Å². The molecule has 0 saturated carbocycles. The van der Waals surface area contributed by atoms with Gasteiger partial charge in [-0.3, -0.25) is 0 Å². The van der Waals surface area contributed by atoms with Crippen molar-refractivity contribution in [1.29, 1.82) is 0 Å². The Hall–Kier alpha value is -2.01. The Labute approximate surface area is 107 Å². The molecule has 1 aromatic heterocycles. The van der Waals surface area contributed by atoms with E-state index in [4.69, 9.17) is 21.4 Å².